The van der Waals surface area contributed by atoms with Crippen molar-refractivity contribution in [2.75, 3.05) is 46.0 Å². The smallest absolute Gasteiger partial charge is 0.410 e. The third-order valence-corrected chi connectivity index (χ3v) is 8.92. The van der Waals surface area contributed by atoms with Crippen molar-refractivity contribution in [1.29, 1.82) is 0 Å². The van der Waals surface area contributed by atoms with Gasteiger partial charge in [-0.25, -0.2) is 17.5 Å². The van der Waals surface area contributed by atoms with Gasteiger partial charge in [-0.05, 0) is 49.1 Å². The molecular weight excluding hydrogens is 532 g/mol. The summed E-state index contributed by atoms with van der Waals surface area (Å²) in [5.74, 6) is 0. The number of likely N-dealkylation sites (N-methyl/N-ethyl adjacent to an activating group) is 1. The Morgan fingerprint density at radius 2 is 1.80 bits per heavy atom. The number of carbonyl (C=O) groups excluding carboxylic acids is 1. The quantitative estimate of drug-likeness (QED) is 0.198. The van der Waals surface area contributed by atoms with E-state index >= 15 is 0 Å². The topological polar surface area (TPSA) is 113 Å². The van der Waals surface area contributed by atoms with Crippen LogP contribution in [-0.4, -0.2) is 85.6 Å². The van der Waals surface area contributed by atoms with E-state index in [0.29, 0.717) is 18.7 Å². The number of hydrogen-bond acceptors (Lipinski definition) is 7. The highest BCUT2D eigenvalue weighted by Gasteiger charge is 2.33. The van der Waals surface area contributed by atoms with E-state index in [1.54, 1.807) is 30.2 Å². The molecule has 3 rings (SSSR count). The van der Waals surface area contributed by atoms with E-state index in [1.807, 2.05) is 18.2 Å². The molecule has 0 bridgehead atoms. The number of nitro groups is 1. The number of carbonyl (C=O) groups is 1. The zero-order chi connectivity index (χ0) is 29.3. The van der Waals surface area contributed by atoms with Gasteiger partial charge in [0.25, 0.3) is 5.69 Å². The van der Waals surface area contributed by atoms with Crippen molar-refractivity contribution in [3.05, 3.63) is 88.5 Å². The van der Waals surface area contributed by atoms with Gasteiger partial charge in [-0.3, -0.25) is 10.1 Å². The molecule has 0 spiro atoms. The highest BCUT2D eigenvalue weighted by Crippen LogP contribution is 2.30. The van der Waals surface area contributed by atoms with Gasteiger partial charge >= 0.3 is 6.09 Å². The minimum Gasteiger partial charge on any atom is -0.445 e. The van der Waals surface area contributed by atoms with Crippen molar-refractivity contribution >= 4 is 21.8 Å². The molecule has 1 amide bonds. The number of hydrogen-bond donors (Lipinski definition) is 0. The maximum atomic E-state index is 12.9. The van der Waals surface area contributed by atoms with E-state index in [4.69, 9.17) is 4.74 Å². The van der Waals surface area contributed by atoms with E-state index in [-0.39, 0.29) is 23.8 Å². The Kier molecular flexibility index (Phi) is 10.8. The third-order valence-electron chi connectivity index (χ3n) is 7.66. The molecule has 218 valence electrons. The van der Waals surface area contributed by atoms with Crippen molar-refractivity contribution in [2.45, 2.75) is 44.2 Å². The first-order chi connectivity index (χ1) is 18.9. The number of piperidine rings is 1. The first-order valence-electron chi connectivity index (χ1n) is 13.4. The number of non-ortho nitro benzene ring substituents is 1. The Bertz CT molecular complexity index is 1250. The summed E-state index contributed by atoms with van der Waals surface area (Å²) in [6, 6.07) is 16.0. The Balaban J connectivity index is 1.57. The van der Waals surface area contributed by atoms with Crippen LogP contribution in [0.5, 0.6) is 0 Å². The second-order valence-corrected chi connectivity index (χ2v) is 12.8. The standard InChI is InChI=1S/C29H40N4O6S/c1-5-18-32(28(34)39-22-24-11-13-27(14-12-24)33(35)36)26-15-19-31(20-16-26)21-17-29(2,23-30(3)40(4,37)38)25-9-7-6-8-10-25/h5-14,26H,1,15-23H2,2-4H3. The SMILES string of the molecule is C=CCN(C(=O)OCc1ccc([N+](=O)[O-])cc1)C1CCN(CCC(C)(CN(C)S(C)(=O)=O)c2ccccc2)CC1. The molecule has 1 heterocycles. The maximum Gasteiger partial charge on any atom is 0.410 e. The maximum absolute atomic E-state index is 12.9. The second kappa shape index (κ2) is 13.9. The molecular formula is C29H40N4O6S. The summed E-state index contributed by atoms with van der Waals surface area (Å²) in [5, 5.41) is 10.8. The molecule has 1 fully saturated rings. The molecule has 1 unspecified atom stereocenters. The minimum atomic E-state index is -3.31. The molecule has 0 aromatic heterocycles. The van der Waals surface area contributed by atoms with E-state index in [0.717, 1.165) is 44.5 Å². The van der Waals surface area contributed by atoms with Crippen LogP contribution >= 0.6 is 0 Å². The van der Waals surface area contributed by atoms with Crippen LogP contribution in [-0.2, 0) is 26.8 Å². The van der Waals surface area contributed by atoms with E-state index in [9.17, 15) is 23.3 Å². The van der Waals surface area contributed by atoms with Crippen LogP contribution in [0, 0.1) is 10.1 Å². The normalized spacial score (nSPS) is 16.3. The lowest BCUT2D eigenvalue weighted by Crippen LogP contribution is -2.48. The molecule has 0 saturated carbocycles. The highest BCUT2D eigenvalue weighted by atomic mass is 32.2. The van der Waals surface area contributed by atoms with Gasteiger partial charge in [-0.1, -0.05) is 43.3 Å². The second-order valence-electron chi connectivity index (χ2n) is 10.7. The lowest BCUT2D eigenvalue weighted by Gasteiger charge is -2.40. The number of ether oxygens (including phenoxy) is 1. The predicted molar refractivity (Wildman–Crippen MR) is 156 cm³/mol. The number of benzene rings is 2. The lowest BCUT2D eigenvalue weighted by atomic mass is 9.79. The van der Waals surface area contributed by atoms with Gasteiger partial charge in [0.1, 0.15) is 6.61 Å². The Morgan fingerprint density at radius 1 is 1.18 bits per heavy atom. The van der Waals surface area contributed by atoms with Crippen LogP contribution in [0.15, 0.2) is 67.3 Å². The zero-order valence-electron chi connectivity index (χ0n) is 23.6. The lowest BCUT2D eigenvalue weighted by molar-refractivity contribution is -0.384. The first-order valence-corrected chi connectivity index (χ1v) is 15.2. The van der Waals surface area contributed by atoms with Crippen molar-refractivity contribution < 1.29 is 22.9 Å². The number of likely N-dealkylation sites (tertiary alicyclic amines) is 1. The van der Waals surface area contributed by atoms with Gasteiger partial charge in [0.2, 0.25) is 10.0 Å². The van der Waals surface area contributed by atoms with Gasteiger partial charge in [0, 0.05) is 56.8 Å². The van der Waals surface area contributed by atoms with Gasteiger partial charge < -0.3 is 14.5 Å². The molecule has 10 nitrogen and oxygen atoms in total. The molecule has 0 aliphatic carbocycles. The van der Waals surface area contributed by atoms with Crippen molar-refractivity contribution in [3.8, 4) is 0 Å². The number of sulfonamides is 1. The molecule has 1 aliphatic rings. The highest BCUT2D eigenvalue weighted by molar-refractivity contribution is 7.88. The minimum absolute atomic E-state index is 0.00971. The number of nitro benzene ring substituents is 1. The van der Waals surface area contributed by atoms with Crippen LogP contribution in [0.2, 0.25) is 0 Å². The molecule has 1 aliphatic heterocycles. The van der Waals surface area contributed by atoms with Crippen LogP contribution < -0.4 is 0 Å². The summed E-state index contributed by atoms with van der Waals surface area (Å²) >= 11 is 0. The zero-order valence-corrected chi connectivity index (χ0v) is 24.4. The molecule has 11 heteroatoms. The van der Waals surface area contributed by atoms with Crippen LogP contribution in [0.3, 0.4) is 0 Å². The van der Waals surface area contributed by atoms with Crippen molar-refractivity contribution in [3.63, 3.8) is 0 Å². The molecule has 0 N–H and O–H groups in total. The average Bonchev–Trinajstić information content (AvgIpc) is 2.94. The summed E-state index contributed by atoms with van der Waals surface area (Å²) in [7, 11) is -1.69. The molecule has 2 aromatic rings. The fourth-order valence-corrected chi connectivity index (χ4v) is 5.60. The van der Waals surface area contributed by atoms with Gasteiger partial charge in [0.05, 0.1) is 11.2 Å². The Labute approximate surface area is 237 Å². The summed E-state index contributed by atoms with van der Waals surface area (Å²) in [4.78, 5) is 27.4. The molecule has 0 radical (unpaired) electrons. The van der Waals surface area contributed by atoms with Crippen LogP contribution in [0.1, 0.15) is 37.3 Å². The third kappa shape index (κ3) is 8.61. The van der Waals surface area contributed by atoms with Gasteiger partial charge in [-0.2, -0.15) is 0 Å². The van der Waals surface area contributed by atoms with E-state index in [2.05, 4.69) is 30.5 Å². The molecule has 1 atom stereocenters. The summed E-state index contributed by atoms with van der Waals surface area (Å²) in [6.07, 6.45) is 4.84. The number of amides is 1. The largest absolute Gasteiger partial charge is 0.445 e. The fourth-order valence-electron chi connectivity index (χ4n) is 5.08. The predicted octanol–water partition coefficient (Wildman–Crippen LogP) is 4.42. The van der Waals surface area contributed by atoms with Crippen LogP contribution in [0.4, 0.5) is 10.5 Å². The first kappa shape index (κ1) is 31.3. The number of rotatable bonds is 13. The van der Waals surface area contributed by atoms with Gasteiger partial charge in [-0.15, -0.1) is 6.58 Å². The van der Waals surface area contributed by atoms with Crippen LogP contribution in [0.25, 0.3) is 0 Å². The Morgan fingerprint density at radius 3 is 2.35 bits per heavy atom. The fraction of sp³-hybridized carbons (Fsp3) is 0.483. The van der Waals surface area contributed by atoms with E-state index in [1.165, 1.54) is 22.7 Å². The van der Waals surface area contributed by atoms with E-state index < -0.39 is 21.0 Å². The summed E-state index contributed by atoms with van der Waals surface area (Å²) in [5.41, 5.74) is 1.41. The molecule has 40 heavy (non-hydrogen) atoms. The average molecular weight is 573 g/mol. The number of nitrogens with zero attached hydrogens (tertiary/aromatic N) is 4. The molecule has 1 saturated heterocycles. The van der Waals surface area contributed by atoms with Gasteiger partial charge in [0.15, 0.2) is 0 Å². The van der Waals surface area contributed by atoms with Crippen molar-refractivity contribution in [2.24, 2.45) is 0 Å². The summed E-state index contributed by atoms with van der Waals surface area (Å²) in [6.45, 7) is 9.12. The molecule has 2 aromatic carbocycles. The Hall–Kier alpha value is -3.28. The monoisotopic (exact) mass is 572 g/mol. The summed E-state index contributed by atoms with van der Waals surface area (Å²) < 4.78 is 31.3. The van der Waals surface area contributed by atoms with Crippen molar-refractivity contribution in [1.82, 2.24) is 14.1 Å².